The Labute approximate surface area is 95.1 Å². The van der Waals surface area contributed by atoms with Crippen LogP contribution in [0.25, 0.3) is 0 Å². The van der Waals surface area contributed by atoms with Gasteiger partial charge in [0.25, 0.3) is 0 Å². The molecule has 0 aliphatic heterocycles. The number of hydrogen-bond donors (Lipinski definition) is 1. The molecule has 0 aromatic heterocycles. The molecular weight excluding hydrogens is 214 g/mol. The van der Waals surface area contributed by atoms with E-state index in [1.54, 1.807) is 20.3 Å². The van der Waals surface area contributed by atoms with Crippen molar-refractivity contribution >= 4 is 11.6 Å². The first kappa shape index (κ1) is 12.1. The minimum absolute atomic E-state index is 0.561. The van der Waals surface area contributed by atoms with Gasteiger partial charge in [-0.2, -0.15) is 0 Å². The molecule has 15 heavy (non-hydrogen) atoms. The maximum absolute atomic E-state index is 5.98. The second-order valence-electron chi connectivity index (χ2n) is 3.19. The van der Waals surface area contributed by atoms with E-state index in [-0.39, 0.29) is 0 Å². The average molecular weight is 230 g/mol. The molecule has 0 amide bonds. The maximum atomic E-state index is 5.98. The summed E-state index contributed by atoms with van der Waals surface area (Å²) in [5, 5.41) is 0.561. The van der Waals surface area contributed by atoms with E-state index in [2.05, 4.69) is 0 Å². The Morgan fingerprint density at radius 3 is 2.40 bits per heavy atom. The van der Waals surface area contributed by atoms with Crippen molar-refractivity contribution in [1.82, 2.24) is 0 Å². The molecule has 0 fully saturated rings. The summed E-state index contributed by atoms with van der Waals surface area (Å²) in [6.07, 6.45) is 1.79. The van der Waals surface area contributed by atoms with E-state index in [0.29, 0.717) is 17.3 Å². The first-order chi connectivity index (χ1) is 7.22. The number of nitrogens with two attached hydrogens (primary N) is 1. The van der Waals surface area contributed by atoms with E-state index in [1.165, 1.54) is 0 Å². The summed E-state index contributed by atoms with van der Waals surface area (Å²) in [6, 6.07) is 3.67. The van der Waals surface area contributed by atoms with E-state index in [1.807, 2.05) is 6.07 Å². The molecule has 0 atom stereocenters. The zero-order chi connectivity index (χ0) is 11.3. The average Bonchev–Trinajstić information content (AvgIpc) is 2.26. The molecule has 0 bridgehead atoms. The van der Waals surface area contributed by atoms with E-state index < -0.39 is 0 Å². The highest BCUT2D eigenvalue weighted by molar-refractivity contribution is 6.32. The highest BCUT2D eigenvalue weighted by Gasteiger charge is 2.09. The summed E-state index contributed by atoms with van der Waals surface area (Å²) in [5.41, 5.74) is 6.54. The number of ether oxygens (including phenoxy) is 2. The summed E-state index contributed by atoms with van der Waals surface area (Å²) >= 11 is 5.98. The second kappa shape index (κ2) is 5.83. The molecule has 3 nitrogen and oxygen atoms in total. The Hall–Kier alpha value is -0.930. The van der Waals surface area contributed by atoms with Crippen molar-refractivity contribution in [2.24, 2.45) is 5.73 Å². The molecular formula is C11H16ClNO2. The van der Waals surface area contributed by atoms with Crippen molar-refractivity contribution in [3.05, 3.63) is 22.7 Å². The van der Waals surface area contributed by atoms with E-state index in [0.717, 1.165) is 24.2 Å². The molecule has 0 unspecified atom stereocenters. The Morgan fingerprint density at radius 2 is 1.87 bits per heavy atom. The van der Waals surface area contributed by atoms with Crippen LogP contribution in [-0.2, 0) is 6.42 Å². The van der Waals surface area contributed by atoms with Gasteiger partial charge in [0.2, 0.25) is 0 Å². The molecule has 84 valence electrons. The lowest BCUT2D eigenvalue weighted by atomic mass is 10.1. The van der Waals surface area contributed by atoms with E-state index >= 15 is 0 Å². The van der Waals surface area contributed by atoms with Crippen molar-refractivity contribution in [2.45, 2.75) is 12.8 Å². The van der Waals surface area contributed by atoms with Crippen LogP contribution in [0.1, 0.15) is 12.0 Å². The number of rotatable bonds is 5. The zero-order valence-corrected chi connectivity index (χ0v) is 9.80. The fourth-order valence-corrected chi connectivity index (χ4v) is 1.64. The molecule has 0 aliphatic carbocycles. The van der Waals surface area contributed by atoms with Gasteiger partial charge < -0.3 is 15.2 Å². The minimum Gasteiger partial charge on any atom is -0.496 e. The maximum Gasteiger partial charge on any atom is 0.137 e. The summed E-state index contributed by atoms with van der Waals surface area (Å²) in [5.74, 6) is 1.46. The van der Waals surface area contributed by atoms with Crippen molar-refractivity contribution < 1.29 is 9.47 Å². The van der Waals surface area contributed by atoms with Gasteiger partial charge in [0, 0.05) is 6.07 Å². The molecule has 0 saturated carbocycles. The molecule has 1 aromatic rings. The van der Waals surface area contributed by atoms with Gasteiger partial charge in [-0.1, -0.05) is 11.6 Å². The number of aryl methyl sites for hydroxylation is 1. The normalized spacial score (nSPS) is 10.1. The Morgan fingerprint density at radius 1 is 1.20 bits per heavy atom. The van der Waals surface area contributed by atoms with Crippen LogP contribution in [0, 0.1) is 0 Å². The van der Waals surface area contributed by atoms with Gasteiger partial charge in [0.05, 0.1) is 19.2 Å². The van der Waals surface area contributed by atoms with Gasteiger partial charge in [-0.15, -0.1) is 0 Å². The van der Waals surface area contributed by atoms with Crippen molar-refractivity contribution in [1.29, 1.82) is 0 Å². The Balaban J connectivity index is 2.99. The second-order valence-corrected chi connectivity index (χ2v) is 3.60. The number of hydrogen-bond acceptors (Lipinski definition) is 3. The number of benzene rings is 1. The quantitative estimate of drug-likeness (QED) is 0.842. The SMILES string of the molecule is COc1cc(CCCN)c(OC)cc1Cl. The Bertz CT molecular complexity index is 329. The van der Waals surface area contributed by atoms with Gasteiger partial charge in [0.1, 0.15) is 11.5 Å². The van der Waals surface area contributed by atoms with Crippen LogP contribution in [0.5, 0.6) is 11.5 Å². The van der Waals surface area contributed by atoms with Crippen molar-refractivity contribution in [3.63, 3.8) is 0 Å². The van der Waals surface area contributed by atoms with Crippen LogP contribution in [-0.4, -0.2) is 20.8 Å². The monoisotopic (exact) mass is 229 g/mol. The van der Waals surface area contributed by atoms with Crippen LogP contribution in [0.3, 0.4) is 0 Å². The van der Waals surface area contributed by atoms with Crippen LogP contribution >= 0.6 is 11.6 Å². The smallest absolute Gasteiger partial charge is 0.137 e. The summed E-state index contributed by atoms with van der Waals surface area (Å²) in [6.45, 7) is 0.661. The fraction of sp³-hybridized carbons (Fsp3) is 0.455. The largest absolute Gasteiger partial charge is 0.496 e. The van der Waals surface area contributed by atoms with E-state index in [9.17, 15) is 0 Å². The van der Waals surface area contributed by atoms with Crippen LogP contribution in [0.4, 0.5) is 0 Å². The van der Waals surface area contributed by atoms with Crippen LogP contribution in [0.15, 0.2) is 12.1 Å². The predicted octanol–water partition coefficient (Wildman–Crippen LogP) is 2.25. The summed E-state index contributed by atoms with van der Waals surface area (Å²) in [7, 11) is 3.23. The lowest BCUT2D eigenvalue weighted by molar-refractivity contribution is 0.398. The van der Waals surface area contributed by atoms with Gasteiger partial charge in [-0.25, -0.2) is 0 Å². The van der Waals surface area contributed by atoms with Gasteiger partial charge in [0.15, 0.2) is 0 Å². The lowest BCUT2D eigenvalue weighted by Crippen LogP contribution is -2.02. The fourth-order valence-electron chi connectivity index (χ4n) is 1.41. The Kier molecular flexibility index (Phi) is 4.72. The molecule has 0 aliphatic rings. The lowest BCUT2D eigenvalue weighted by Gasteiger charge is -2.11. The summed E-state index contributed by atoms with van der Waals surface area (Å²) in [4.78, 5) is 0. The van der Waals surface area contributed by atoms with E-state index in [4.69, 9.17) is 26.8 Å². The highest BCUT2D eigenvalue weighted by Crippen LogP contribution is 2.32. The minimum atomic E-state index is 0.561. The number of halogens is 1. The molecule has 0 saturated heterocycles. The van der Waals surface area contributed by atoms with Crippen LogP contribution in [0.2, 0.25) is 5.02 Å². The highest BCUT2D eigenvalue weighted by atomic mass is 35.5. The van der Waals surface area contributed by atoms with Gasteiger partial charge in [-0.05, 0) is 31.0 Å². The topological polar surface area (TPSA) is 44.5 Å². The number of methoxy groups -OCH3 is 2. The third-order valence-electron chi connectivity index (χ3n) is 2.21. The zero-order valence-electron chi connectivity index (χ0n) is 9.05. The molecule has 0 radical (unpaired) electrons. The molecule has 4 heteroatoms. The molecule has 0 spiro atoms. The van der Waals surface area contributed by atoms with Crippen molar-refractivity contribution in [2.75, 3.05) is 20.8 Å². The van der Waals surface area contributed by atoms with Crippen LogP contribution < -0.4 is 15.2 Å². The molecule has 2 N–H and O–H groups in total. The molecule has 1 aromatic carbocycles. The first-order valence-electron chi connectivity index (χ1n) is 4.83. The summed E-state index contributed by atoms with van der Waals surface area (Å²) < 4.78 is 10.4. The third-order valence-corrected chi connectivity index (χ3v) is 2.50. The standard InChI is InChI=1S/C11H16ClNO2/c1-14-10-7-9(12)11(15-2)6-8(10)4-3-5-13/h6-7H,3-5,13H2,1-2H3. The third kappa shape index (κ3) is 3.01. The van der Waals surface area contributed by atoms with Crippen molar-refractivity contribution in [3.8, 4) is 11.5 Å². The molecule has 0 heterocycles. The predicted molar refractivity (Wildman–Crippen MR) is 61.9 cm³/mol. The first-order valence-corrected chi connectivity index (χ1v) is 5.21. The molecule has 1 rings (SSSR count). The van der Waals surface area contributed by atoms with Gasteiger partial charge >= 0.3 is 0 Å². The van der Waals surface area contributed by atoms with Gasteiger partial charge in [-0.3, -0.25) is 0 Å².